The molecule has 3 heteroatoms. The molecule has 1 heterocycles. The molecule has 0 unspecified atom stereocenters. The number of hydrogen-bond acceptors (Lipinski definition) is 3. The van der Waals surface area contributed by atoms with Gasteiger partial charge in [-0.1, -0.05) is 91.0 Å². The maximum atomic E-state index is 5.97. The van der Waals surface area contributed by atoms with Gasteiger partial charge in [-0.3, -0.25) is 0 Å². The number of nitrogens with one attached hydrogen (secondary N) is 1. The van der Waals surface area contributed by atoms with Crippen molar-refractivity contribution in [2.75, 3.05) is 11.1 Å². The zero-order chi connectivity index (χ0) is 26.2. The molecular formula is C36H26N2O. The third-order valence-electron chi connectivity index (χ3n) is 7.18. The van der Waals surface area contributed by atoms with Crippen LogP contribution in [-0.2, 0) is 0 Å². The Hall–Kier alpha value is -5.28. The first-order chi connectivity index (χ1) is 19.2. The van der Waals surface area contributed by atoms with Crippen molar-refractivity contribution in [2.24, 2.45) is 0 Å². The summed E-state index contributed by atoms with van der Waals surface area (Å²) in [4.78, 5) is 0. The Balaban J connectivity index is 1.11. The Bertz CT molecular complexity index is 1930. The molecule has 6 aromatic carbocycles. The molecule has 39 heavy (non-hydrogen) atoms. The molecule has 3 nitrogen and oxygen atoms in total. The van der Waals surface area contributed by atoms with Crippen LogP contribution in [0.2, 0.25) is 0 Å². The third-order valence-corrected chi connectivity index (χ3v) is 7.18. The molecule has 0 atom stereocenters. The maximum absolute atomic E-state index is 5.97. The summed E-state index contributed by atoms with van der Waals surface area (Å²) in [5.41, 5.74) is 17.6. The van der Waals surface area contributed by atoms with Crippen LogP contribution in [0.1, 0.15) is 0 Å². The van der Waals surface area contributed by atoms with E-state index >= 15 is 0 Å². The van der Waals surface area contributed by atoms with Gasteiger partial charge in [-0.15, -0.1) is 0 Å². The van der Waals surface area contributed by atoms with Crippen LogP contribution in [0.25, 0.3) is 55.3 Å². The summed E-state index contributed by atoms with van der Waals surface area (Å²) in [6.07, 6.45) is 0. The Morgan fingerprint density at radius 1 is 0.410 bits per heavy atom. The van der Waals surface area contributed by atoms with E-state index in [4.69, 9.17) is 10.2 Å². The van der Waals surface area contributed by atoms with Crippen molar-refractivity contribution < 1.29 is 4.42 Å². The first-order valence-electron chi connectivity index (χ1n) is 13.0. The highest BCUT2D eigenvalue weighted by Crippen LogP contribution is 2.33. The van der Waals surface area contributed by atoms with E-state index in [9.17, 15) is 0 Å². The van der Waals surface area contributed by atoms with Gasteiger partial charge in [0.2, 0.25) is 0 Å². The fraction of sp³-hybridized carbons (Fsp3) is 0. The average Bonchev–Trinajstić information content (AvgIpc) is 3.36. The number of para-hydroxylation sites is 1. The van der Waals surface area contributed by atoms with Crippen LogP contribution in [0.3, 0.4) is 0 Å². The minimum absolute atomic E-state index is 0.777. The van der Waals surface area contributed by atoms with E-state index in [1.54, 1.807) is 0 Å². The van der Waals surface area contributed by atoms with Crippen molar-refractivity contribution in [1.82, 2.24) is 0 Å². The summed E-state index contributed by atoms with van der Waals surface area (Å²) in [6, 6.07) is 48.3. The second-order valence-corrected chi connectivity index (χ2v) is 9.80. The van der Waals surface area contributed by atoms with Crippen molar-refractivity contribution in [3.8, 4) is 33.4 Å². The minimum Gasteiger partial charge on any atom is -0.456 e. The zero-order valence-electron chi connectivity index (χ0n) is 21.3. The molecule has 0 aliphatic rings. The van der Waals surface area contributed by atoms with Gasteiger partial charge in [0.15, 0.2) is 0 Å². The van der Waals surface area contributed by atoms with Crippen molar-refractivity contribution in [2.45, 2.75) is 0 Å². The summed E-state index contributed by atoms with van der Waals surface area (Å²) in [5.74, 6) is 0. The fourth-order valence-corrected chi connectivity index (χ4v) is 5.18. The first-order valence-corrected chi connectivity index (χ1v) is 13.0. The van der Waals surface area contributed by atoms with Gasteiger partial charge in [0.1, 0.15) is 11.2 Å². The van der Waals surface area contributed by atoms with Gasteiger partial charge < -0.3 is 15.5 Å². The van der Waals surface area contributed by atoms with Crippen LogP contribution in [-0.4, -0.2) is 0 Å². The molecule has 0 aliphatic carbocycles. The van der Waals surface area contributed by atoms with E-state index in [1.807, 2.05) is 42.5 Å². The van der Waals surface area contributed by atoms with Crippen LogP contribution in [0, 0.1) is 0 Å². The molecule has 0 fully saturated rings. The molecule has 7 aromatic rings. The lowest BCUT2D eigenvalue weighted by Crippen LogP contribution is -1.90. The van der Waals surface area contributed by atoms with Crippen LogP contribution < -0.4 is 11.1 Å². The second kappa shape index (κ2) is 9.55. The topological polar surface area (TPSA) is 51.2 Å². The summed E-state index contributed by atoms with van der Waals surface area (Å²) < 4.78 is 5.97. The van der Waals surface area contributed by atoms with Crippen molar-refractivity contribution in [3.63, 3.8) is 0 Å². The standard InChI is InChI=1S/C36H26N2O/c37-30-7-3-5-28(21-30)26-15-11-24(12-16-26)25-13-17-27(18-14-25)29-6-4-8-31(22-29)38-32-19-20-36-34(23-32)33-9-1-2-10-35(33)39-36/h1-23,38H,37H2. The normalized spacial score (nSPS) is 11.2. The molecule has 1 aromatic heterocycles. The average molecular weight is 503 g/mol. The number of benzene rings is 6. The van der Waals surface area contributed by atoms with Gasteiger partial charge in [-0.05, 0) is 81.9 Å². The van der Waals surface area contributed by atoms with E-state index in [2.05, 4.69) is 102 Å². The van der Waals surface area contributed by atoms with Crippen LogP contribution in [0.5, 0.6) is 0 Å². The number of nitrogens with two attached hydrogens (primary N) is 1. The SMILES string of the molecule is Nc1cccc(-c2ccc(-c3ccc(-c4cccc(Nc5ccc6oc7ccccc7c6c5)c4)cc3)cc2)c1. The van der Waals surface area contributed by atoms with Crippen molar-refractivity contribution >= 4 is 39.0 Å². The summed E-state index contributed by atoms with van der Waals surface area (Å²) in [7, 11) is 0. The van der Waals surface area contributed by atoms with E-state index in [0.717, 1.165) is 50.1 Å². The van der Waals surface area contributed by atoms with Crippen LogP contribution in [0.15, 0.2) is 144 Å². The lowest BCUT2D eigenvalue weighted by Gasteiger charge is -2.10. The van der Waals surface area contributed by atoms with E-state index in [0.29, 0.717) is 0 Å². The number of anilines is 3. The number of hydrogen-bond donors (Lipinski definition) is 2. The van der Waals surface area contributed by atoms with Crippen LogP contribution in [0.4, 0.5) is 17.1 Å². The molecule has 0 amide bonds. The minimum atomic E-state index is 0.777. The quantitative estimate of drug-likeness (QED) is 0.230. The monoisotopic (exact) mass is 502 g/mol. The van der Waals surface area contributed by atoms with Crippen molar-refractivity contribution in [3.05, 3.63) is 140 Å². The highest BCUT2D eigenvalue weighted by atomic mass is 16.3. The molecule has 3 N–H and O–H groups in total. The Kier molecular flexibility index (Phi) is 5.60. The van der Waals surface area contributed by atoms with E-state index < -0.39 is 0 Å². The zero-order valence-corrected chi connectivity index (χ0v) is 21.3. The molecule has 0 radical (unpaired) electrons. The molecule has 0 aliphatic heterocycles. The maximum Gasteiger partial charge on any atom is 0.135 e. The molecule has 0 bridgehead atoms. The number of rotatable bonds is 5. The van der Waals surface area contributed by atoms with Gasteiger partial charge >= 0.3 is 0 Å². The molecule has 0 saturated carbocycles. The predicted octanol–water partition coefficient (Wildman–Crippen LogP) is 9.91. The van der Waals surface area contributed by atoms with Gasteiger partial charge in [0, 0.05) is 27.8 Å². The number of nitrogen functional groups attached to an aromatic ring is 1. The first kappa shape index (κ1) is 22.9. The largest absolute Gasteiger partial charge is 0.456 e. The van der Waals surface area contributed by atoms with Gasteiger partial charge in [-0.25, -0.2) is 0 Å². The van der Waals surface area contributed by atoms with Crippen molar-refractivity contribution in [1.29, 1.82) is 0 Å². The summed E-state index contributed by atoms with van der Waals surface area (Å²) in [6.45, 7) is 0. The summed E-state index contributed by atoms with van der Waals surface area (Å²) in [5, 5.41) is 5.81. The molecule has 0 saturated heterocycles. The molecule has 186 valence electrons. The Morgan fingerprint density at radius 3 is 1.67 bits per heavy atom. The predicted molar refractivity (Wildman–Crippen MR) is 164 cm³/mol. The van der Waals surface area contributed by atoms with Gasteiger partial charge in [0.05, 0.1) is 0 Å². The Labute approximate surface area is 227 Å². The molecular weight excluding hydrogens is 476 g/mol. The fourth-order valence-electron chi connectivity index (χ4n) is 5.18. The number of fused-ring (bicyclic) bond motifs is 3. The van der Waals surface area contributed by atoms with Gasteiger partial charge in [0.25, 0.3) is 0 Å². The highest BCUT2D eigenvalue weighted by molar-refractivity contribution is 6.06. The van der Waals surface area contributed by atoms with Crippen LogP contribution >= 0.6 is 0 Å². The van der Waals surface area contributed by atoms with E-state index in [-0.39, 0.29) is 0 Å². The summed E-state index contributed by atoms with van der Waals surface area (Å²) >= 11 is 0. The lowest BCUT2D eigenvalue weighted by molar-refractivity contribution is 0.669. The van der Waals surface area contributed by atoms with Gasteiger partial charge in [-0.2, -0.15) is 0 Å². The molecule has 7 rings (SSSR count). The third kappa shape index (κ3) is 4.51. The molecule has 0 spiro atoms. The number of furan rings is 1. The second-order valence-electron chi connectivity index (χ2n) is 9.80. The highest BCUT2D eigenvalue weighted by Gasteiger charge is 2.08. The Morgan fingerprint density at radius 2 is 0.974 bits per heavy atom. The van der Waals surface area contributed by atoms with E-state index in [1.165, 1.54) is 22.3 Å². The smallest absolute Gasteiger partial charge is 0.135 e. The lowest BCUT2D eigenvalue weighted by atomic mass is 9.98.